The molecule has 0 bridgehead atoms. The number of nitrogens with zero attached hydrogens (tertiary/aromatic N) is 2. The van der Waals surface area contributed by atoms with Gasteiger partial charge in [-0.1, -0.05) is 49.4 Å². The average Bonchev–Trinajstić information content (AvgIpc) is 2.89. The predicted molar refractivity (Wildman–Crippen MR) is 87.4 cm³/mol. The number of hydrogen-bond acceptors (Lipinski definition) is 2. The molecule has 1 heterocycles. The van der Waals surface area contributed by atoms with Crippen LogP contribution in [0.25, 0.3) is 10.8 Å². The first-order valence-corrected chi connectivity index (χ1v) is 7.42. The van der Waals surface area contributed by atoms with E-state index in [2.05, 4.69) is 65.9 Å². The molecule has 1 unspecified atom stereocenters. The fraction of sp³-hybridized carbons (Fsp3) is 0.278. The van der Waals surface area contributed by atoms with Crippen molar-refractivity contribution in [2.24, 2.45) is 7.05 Å². The summed E-state index contributed by atoms with van der Waals surface area (Å²) in [6.07, 6.45) is 0.958. The topological polar surface area (TPSA) is 29.9 Å². The summed E-state index contributed by atoms with van der Waals surface area (Å²) in [4.78, 5) is 0. The Bertz CT molecular complexity index is 753. The Kier molecular flexibility index (Phi) is 3.76. The molecule has 3 aromatic rings. The summed E-state index contributed by atoms with van der Waals surface area (Å²) in [5.74, 6) is 0. The van der Waals surface area contributed by atoms with E-state index in [0.717, 1.165) is 12.1 Å². The molecule has 0 aliphatic rings. The van der Waals surface area contributed by atoms with Crippen LogP contribution in [0.5, 0.6) is 0 Å². The number of aromatic nitrogens is 2. The van der Waals surface area contributed by atoms with Crippen LogP contribution in [0.4, 0.5) is 0 Å². The van der Waals surface area contributed by atoms with Gasteiger partial charge in [-0.15, -0.1) is 0 Å². The minimum atomic E-state index is 0.147. The van der Waals surface area contributed by atoms with Gasteiger partial charge < -0.3 is 5.32 Å². The maximum atomic E-state index is 4.58. The molecule has 0 spiro atoms. The van der Waals surface area contributed by atoms with Gasteiger partial charge in [-0.2, -0.15) is 5.10 Å². The highest BCUT2D eigenvalue weighted by atomic mass is 15.3. The average molecular weight is 279 g/mol. The lowest BCUT2D eigenvalue weighted by Crippen LogP contribution is -2.20. The van der Waals surface area contributed by atoms with Crippen molar-refractivity contribution in [3.63, 3.8) is 0 Å². The standard InChI is InChI=1S/C18H21N3/c1-4-14-12-17(21(3)20-14)18(19-2)16-11-7-9-13-8-5-6-10-15(13)16/h5-12,18-19H,4H2,1-3H3. The largest absolute Gasteiger partial charge is 0.308 e. The quantitative estimate of drug-likeness (QED) is 0.793. The molecule has 1 aromatic heterocycles. The molecule has 3 rings (SSSR count). The smallest absolute Gasteiger partial charge is 0.0751 e. The molecule has 0 radical (unpaired) electrons. The van der Waals surface area contributed by atoms with E-state index >= 15 is 0 Å². The molecule has 21 heavy (non-hydrogen) atoms. The molecule has 3 nitrogen and oxygen atoms in total. The van der Waals surface area contributed by atoms with E-state index in [0.29, 0.717) is 0 Å². The van der Waals surface area contributed by atoms with Gasteiger partial charge in [0.1, 0.15) is 0 Å². The number of benzene rings is 2. The fourth-order valence-electron chi connectivity index (χ4n) is 2.95. The summed E-state index contributed by atoms with van der Waals surface area (Å²) >= 11 is 0. The summed E-state index contributed by atoms with van der Waals surface area (Å²) < 4.78 is 1.99. The van der Waals surface area contributed by atoms with E-state index in [-0.39, 0.29) is 6.04 Å². The normalized spacial score (nSPS) is 12.7. The highest BCUT2D eigenvalue weighted by Crippen LogP contribution is 2.29. The third-order valence-corrected chi connectivity index (χ3v) is 4.05. The van der Waals surface area contributed by atoms with Gasteiger partial charge in [0.25, 0.3) is 0 Å². The van der Waals surface area contributed by atoms with Crippen LogP contribution in [0.15, 0.2) is 48.5 Å². The molecule has 1 N–H and O–H groups in total. The Hall–Kier alpha value is -2.13. The van der Waals surface area contributed by atoms with Gasteiger partial charge in [0, 0.05) is 7.05 Å². The molecule has 0 amide bonds. The third-order valence-electron chi connectivity index (χ3n) is 4.05. The van der Waals surface area contributed by atoms with Gasteiger partial charge in [-0.05, 0) is 35.9 Å². The van der Waals surface area contributed by atoms with Gasteiger partial charge in [0.2, 0.25) is 0 Å². The Balaban J connectivity index is 2.16. The van der Waals surface area contributed by atoms with Crippen LogP contribution in [-0.4, -0.2) is 16.8 Å². The summed E-state index contributed by atoms with van der Waals surface area (Å²) in [7, 11) is 4.02. The van der Waals surface area contributed by atoms with Gasteiger partial charge in [-0.25, -0.2) is 0 Å². The monoisotopic (exact) mass is 279 g/mol. The van der Waals surface area contributed by atoms with Crippen LogP contribution < -0.4 is 5.32 Å². The van der Waals surface area contributed by atoms with Crippen molar-refractivity contribution >= 4 is 10.8 Å². The SMILES string of the molecule is CCc1cc(C(NC)c2cccc3ccccc23)n(C)n1. The van der Waals surface area contributed by atoms with Crippen LogP contribution in [0, 0.1) is 0 Å². The fourth-order valence-corrected chi connectivity index (χ4v) is 2.95. The van der Waals surface area contributed by atoms with Crippen LogP contribution in [0.2, 0.25) is 0 Å². The van der Waals surface area contributed by atoms with E-state index in [4.69, 9.17) is 0 Å². The van der Waals surface area contributed by atoms with E-state index in [1.165, 1.54) is 22.0 Å². The van der Waals surface area contributed by atoms with E-state index < -0.39 is 0 Å². The highest BCUT2D eigenvalue weighted by molar-refractivity contribution is 5.86. The molecule has 0 aliphatic heterocycles. The van der Waals surface area contributed by atoms with Crippen LogP contribution in [0.3, 0.4) is 0 Å². The summed E-state index contributed by atoms with van der Waals surface area (Å²) in [5, 5.41) is 10.6. The first-order chi connectivity index (χ1) is 10.2. The van der Waals surface area contributed by atoms with Crippen molar-refractivity contribution in [3.05, 3.63) is 65.5 Å². The van der Waals surface area contributed by atoms with Crippen molar-refractivity contribution in [1.29, 1.82) is 0 Å². The van der Waals surface area contributed by atoms with Gasteiger partial charge >= 0.3 is 0 Å². The zero-order valence-corrected chi connectivity index (χ0v) is 12.8. The number of hydrogen-bond donors (Lipinski definition) is 1. The molecule has 0 saturated heterocycles. The number of nitrogens with one attached hydrogen (secondary N) is 1. The van der Waals surface area contributed by atoms with Crippen LogP contribution >= 0.6 is 0 Å². The Morgan fingerprint density at radius 2 is 1.90 bits per heavy atom. The Morgan fingerprint density at radius 3 is 2.62 bits per heavy atom. The lowest BCUT2D eigenvalue weighted by atomic mass is 9.96. The zero-order valence-electron chi connectivity index (χ0n) is 12.8. The highest BCUT2D eigenvalue weighted by Gasteiger charge is 2.18. The minimum Gasteiger partial charge on any atom is -0.308 e. The maximum Gasteiger partial charge on any atom is 0.0751 e. The number of rotatable bonds is 4. The van der Waals surface area contributed by atoms with Gasteiger partial charge in [-0.3, -0.25) is 4.68 Å². The second kappa shape index (κ2) is 5.70. The first-order valence-electron chi connectivity index (χ1n) is 7.42. The minimum absolute atomic E-state index is 0.147. The summed E-state index contributed by atoms with van der Waals surface area (Å²) in [6.45, 7) is 2.14. The molecule has 1 atom stereocenters. The van der Waals surface area contributed by atoms with Crippen LogP contribution in [0.1, 0.15) is 29.9 Å². The Morgan fingerprint density at radius 1 is 1.14 bits per heavy atom. The van der Waals surface area contributed by atoms with Crippen molar-refractivity contribution in [1.82, 2.24) is 15.1 Å². The maximum absolute atomic E-state index is 4.58. The van der Waals surface area contributed by atoms with Crippen LogP contribution in [-0.2, 0) is 13.5 Å². The molecule has 0 aliphatic carbocycles. The van der Waals surface area contributed by atoms with E-state index in [9.17, 15) is 0 Å². The van der Waals surface area contributed by atoms with Crippen molar-refractivity contribution in [2.75, 3.05) is 7.05 Å². The molecule has 108 valence electrons. The molecular formula is C18H21N3. The first kappa shape index (κ1) is 13.8. The molecule has 2 aromatic carbocycles. The predicted octanol–water partition coefficient (Wildman–Crippen LogP) is 3.44. The van der Waals surface area contributed by atoms with E-state index in [1.807, 2.05) is 18.8 Å². The molecular weight excluding hydrogens is 258 g/mol. The lowest BCUT2D eigenvalue weighted by Gasteiger charge is -2.19. The van der Waals surface area contributed by atoms with Crippen molar-refractivity contribution < 1.29 is 0 Å². The molecule has 3 heteroatoms. The molecule has 0 fully saturated rings. The number of fused-ring (bicyclic) bond motifs is 1. The van der Waals surface area contributed by atoms with Crippen molar-refractivity contribution in [3.8, 4) is 0 Å². The van der Waals surface area contributed by atoms with Gasteiger partial charge in [0.15, 0.2) is 0 Å². The summed E-state index contributed by atoms with van der Waals surface area (Å²) in [5.41, 5.74) is 3.62. The van der Waals surface area contributed by atoms with Crippen molar-refractivity contribution in [2.45, 2.75) is 19.4 Å². The second-order valence-electron chi connectivity index (χ2n) is 5.33. The van der Waals surface area contributed by atoms with Gasteiger partial charge in [0.05, 0.1) is 17.4 Å². The Labute approximate surface area is 125 Å². The zero-order chi connectivity index (χ0) is 14.8. The third kappa shape index (κ3) is 2.45. The number of aryl methyl sites for hydroxylation is 2. The summed E-state index contributed by atoms with van der Waals surface area (Å²) in [6, 6.07) is 17.3. The second-order valence-corrected chi connectivity index (χ2v) is 5.33. The lowest BCUT2D eigenvalue weighted by molar-refractivity contribution is 0.606. The molecule has 0 saturated carbocycles. The van der Waals surface area contributed by atoms with E-state index in [1.54, 1.807) is 0 Å².